The number of para-hydroxylation sites is 1. The largest absolute Gasteiger partial charge is 0.480 e. The molecule has 45 heavy (non-hydrogen) atoms. The number of carboxylic acid groups (broad SMARTS) is 1. The van der Waals surface area contributed by atoms with Crippen LogP contribution in [0.1, 0.15) is 65.4 Å². The highest BCUT2D eigenvalue weighted by molar-refractivity contribution is 8.30. The zero-order valence-corrected chi connectivity index (χ0v) is 28.8. The van der Waals surface area contributed by atoms with Gasteiger partial charge in [0.25, 0.3) is 11.5 Å². The van der Waals surface area contributed by atoms with Gasteiger partial charge < -0.3 is 10.0 Å². The molecule has 2 unspecified atom stereocenters. The first-order chi connectivity index (χ1) is 21.6. The average molecular weight is 664 g/mol. The highest BCUT2D eigenvalue weighted by Crippen LogP contribution is 2.41. The van der Waals surface area contributed by atoms with Crippen molar-refractivity contribution in [2.45, 2.75) is 72.8 Å². The maximum absolute atomic E-state index is 13.5. The number of amides is 1. The minimum Gasteiger partial charge on any atom is -0.480 e. The molecule has 2 aromatic rings. The summed E-state index contributed by atoms with van der Waals surface area (Å²) in [6.07, 6.45) is 15.5. The number of aromatic nitrogens is 1. The predicted octanol–water partition coefficient (Wildman–Crippen LogP) is 5.82. The van der Waals surface area contributed by atoms with Crippen LogP contribution in [-0.2, 0) is 22.6 Å². The number of allylic oxidation sites excluding steroid dienone is 5. The van der Waals surface area contributed by atoms with E-state index in [4.69, 9.17) is 12.2 Å². The number of carbonyl (C=O) groups is 2. The number of fused-ring (bicyclic) bond motifs is 1. The molecule has 1 N–H and O–H groups in total. The number of benzene rings is 1. The van der Waals surface area contributed by atoms with Crippen LogP contribution in [0.15, 0.2) is 64.1 Å². The normalized spacial score (nSPS) is 21.9. The van der Waals surface area contributed by atoms with Gasteiger partial charge in [-0.3, -0.25) is 23.9 Å². The molecule has 1 aromatic heterocycles. The molecule has 1 fully saturated rings. The summed E-state index contributed by atoms with van der Waals surface area (Å²) in [5.74, 6) is -0.994. The fraction of sp³-hybridized carbons (Fsp3) is 0.429. The van der Waals surface area contributed by atoms with E-state index < -0.39 is 18.1 Å². The monoisotopic (exact) mass is 663 g/mol. The number of aliphatic carboxylic acids is 1. The van der Waals surface area contributed by atoms with Crippen LogP contribution in [0, 0.1) is 11.8 Å². The molecule has 2 aliphatic heterocycles. The lowest BCUT2D eigenvalue weighted by Gasteiger charge is -2.34. The molecular formula is C35H41N3O4S3. The summed E-state index contributed by atoms with van der Waals surface area (Å²) in [6, 6.07) is 8.78. The van der Waals surface area contributed by atoms with Gasteiger partial charge in [0, 0.05) is 30.4 Å². The Labute approximate surface area is 278 Å². The van der Waals surface area contributed by atoms with Crippen molar-refractivity contribution in [2.24, 2.45) is 11.8 Å². The first kappa shape index (κ1) is 33.2. The van der Waals surface area contributed by atoms with Crippen LogP contribution in [0.3, 0.4) is 0 Å². The standard InChI is InChI=1S/C35H41N3O4S3/c1-5-7-8-11-18-37-27-13-10-9-12-24(27)14-16-26-23(4)25(15-17-28(26)37)19-22(3)20-29-32(41)38(21-30(39)40)34(44-29)31-33(42)36(6-2)35(43)45-31/h9-10,12-13,15,17,19-20,23,25H,5-8,11,14,16,18,21H2,1-4H3,(H,39,40)/b22-19+,29-20+,34-31+. The minimum absolute atomic E-state index is 0.153. The Morgan fingerprint density at radius 1 is 1.11 bits per heavy atom. The zero-order chi connectivity index (χ0) is 32.2. The second-order valence-corrected chi connectivity index (χ2v) is 14.5. The summed E-state index contributed by atoms with van der Waals surface area (Å²) < 4.78 is 2.34. The Hall–Kier alpha value is -3.21. The molecule has 238 valence electrons. The van der Waals surface area contributed by atoms with Crippen molar-refractivity contribution >= 4 is 68.2 Å². The number of nitrogens with zero attached hydrogens (tertiary/aromatic N) is 3. The minimum atomic E-state index is -1.14. The molecule has 3 heterocycles. The van der Waals surface area contributed by atoms with E-state index in [0.717, 1.165) is 54.5 Å². The molecule has 5 rings (SSSR count). The molecule has 10 heteroatoms. The summed E-state index contributed by atoms with van der Waals surface area (Å²) in [6.45, 7) is 9.25. The third kappa shape index (κ3) is 6.98. The second kappa shape index (κ2) is 14.5. The van der Waals surface area contributed by atoms with Gasteiger partial charge in [0.2, 0.25) is 0 Å². The van der Waals surface area contributed by atoms with Gasteiger partial charge in [-0.25, -0.2) is 0 Å². The van der Waals surface area contributed by atoms with E-state index in [1.54, 1.807) is 0 Å². The lowest BCUT2D eigenvalue weighted by molar-refractivity contribution is -0.137. The maximum Gasteiger partial charge on any atom is 0.323 e. The van der Waals surface area contributed by atoms with Crippen LogP contribution in [-0.4, -0.2) is 43.9 Å². The molecule has 0 saturated carbocycles. The van der Waals surface area contributed by atoms with Gasteiger partial charge in [-0.05, 0) is 68.4 Å². The molecule has 0 spiro atoms. The Kier molecular flexibility index (Phi) is 10.7. The Bertz CT molecular complexity index is 1780. The van der Waals surface area contributed by atoms with Crippen LogP contribution in [0.4, 0.5) is 5.69 Å². The van der Waals surface area contributed by atoms with Crippen molar-refractivity contribution in [3.8, 4) is 0 Å². The van der Waals surface area contributed by atoms with Crippen molar-refractivity contribution in [3.05, 3.63) is 84.4 Å². The molecule has 2 atom stereocenters. The summed E-state index contributed by atoms with van der Waals surface area (Å²) in [7, 11) is 0. The fourth-order valence-corrected chi connectivity index (χ4v) is 9.10. The molecular weight excluding hydrogens is 623 g/mol. The van der Waals surface area contributed by atoms with E-state index in [9.17, 15) is 19.5 Å². The maximum atomic E-state index is 13.5. The van der Waals surface area contributed by atoms with Gasteiger partial charge in [0.1, 0.15) is 20.4 Å². The summed E-state index contributed by atoms with van der Waals surface area (Å²) in [5, 5.41) is 9.54. The van der Waals surface area contributed by atoms with Crippen molar-refractivity contribution < 1.29 is 14.7 Å². The molecule has 0 bridgehead atoms. The van der Waals surface area contributed by atoms with Gasteiger partial charge in [-0.2, -0.15) is 0 Å². The van der Waals surface area contributed by atoms with Crippen LogP contribution >= 0.6 is 35.3 Å². The summed E-state index contributed by atoms with van der Waals surface area (Å²) in [4.78, 5) is 42.5. The van der Waals surface area contributed by atoms with E-state index in [2.05, 4.69) is 61.2 Å². The van der Waals surface area contributed by atoms with Crippen molar-refractivity contribution in [3.63, 3.8) is 0 Å². The first-order valence-electron chi connectivity index (χ1n) is 15.8. The number of thioether (sulfide) groups is 1. The van der Waals surface area contributed by atoms with Gasteiger partial charge in [0.05, 0.1) is 4.53 Å². The highest BCUT2D eigenvalue weighted by atomic mass is 32.2. The topological polar surface area (TPSA) is 82.8 Å². The van der Waals surface area contributed by atoms with Crippen molar-refractivity contribution in [1.29, 1.82) is 0 Å². The quantitative estimate of drug-likeness (QED) is 0.254. The van der Waals surface area contributed by atoms with E-state index in [0.29, 0.717) is 25.0 Å². The number of carbonyl (C=O) groups excluding carboxylic acids is 1. The summed E-state index contributed by atoms with van der Waals surface area (Å²) in [5.41, 5.74) is 6.01. The molecule has 0 radical (unpaired) electrons. The van der Waals surface area contributed by atoms with Crippen LogP contribution in [0.25, 0.3) is 11.0 Å². The van der Waals surface area contributed by atoms with Gasteiger partial charge >= 0.3 is 5.97 Å². The fourth-order valence-electron chi connectivity index (χ4n) is 6.41. The Morgan fingerprint density at radius 2 is 1.89 bits per heavy atom. The average Bonchev–Trinajstić information content (AvgIpc) is 3.39. The zero-order valence-electron chi connectivity index (χ0n) is 26.4. The molecule has 1 saturated heterocycles. The van der Waals surface area contributed by atoms with E-state index in [1.165, 1.54) is 51.3 Å². The number of carboxylic acids is 1. The second-order valence-electron chi connectivity index (χ2n) is 11.8. The van der Waals surface area contributed by atoms with Crippen molar-refractivity contribution in [1.82, 2.24) is 9.47 Å². The highest BCUT2D eigenvalue weighted by Gasteiger charge is 2.33. The molecule has 1 aliphatic carbocycles. The molecule has 7 nitrogen and oxygen atoms in total. The number of anilines is 1. The predicted molar refractivity (Wildman–Crippen MR) is 190 cm³/mol. The van der Waals surface area contributed by atoms with Gasteiger partial charge in [-0.1, -0.05) is 93.0 Å². The van der Waals surface area contributed by atoms with Gasteiger partial charge in [0.15, 0.2) is 0 Å². The lowest BCUT2D eigenvalue weighted by atomic mass is 9.79. The number of hydrogen-bond donors (Lipinski definition) is 1. The smallest absolute Gasteiger partial charge is 0.323 e. The summed E-state index contributed by atoms with van der Waals surface area (Å²) >= 11 is 7.64. The Morgan fingerprint density at radius 3 is 2.60 bits per heavy atom. The number of rotatable bonds is 10. The molecule has 1 aromatic carbocycles. The number of aryl methyl sites for hydroxylation is 1. The number of hydrogen-bond acceptors (Lipinski definition) is 7. The number of unbranched alkanes of at least 4 members (excludes halogenated alkanes) is 3. The van der Waals surface area contributed by atoms with Crippen LogP contribution in [0.5, 0.6) is 0 Å². The van der Waals surface area contributed by atoms with Gasteiger partial charge in [-0.15, -0.1) is 11.3 Å². The third-order valence-electron chi connectivity index (χ3n) is 8.78. The SMILES string of the molecule is CCCCCCN1C2=C(CCc3ccccc31)C(C)C(/C=C(C)/C=c1/s/c(=C3/SC(=S)N(CC)C3=O)n(CC(=O)O)c1=O)C=C2. The Balaban J connectivity index is 1.48. The number of thiazole rings is 1. The van der Waals surface area contributed by atoms with Crippen LogP contribution < -0.4 is 19.7 Å². The van der Waals surface area contributed by atoms with E-state index in [-0.39, 0.29) is 17.7 Å². The number of thiocarbonyl (C=S) groups is 1. The first-order valence-corrected chi connectivity index (χ1v) is 17.8. The lowest BCUT2D eigenvalue weighted by Crippen LogP contribution is -2.35. The molecule has 1 amide bonds. The van der Waals surface area contributed by atoms with Crippen LogP contribution in [0.2, 0.25) is 0 Å². The third-order valence-corrected chi connectivity index (χ3v) is 11.5. The molecule has 3 aliphatic rings. The van der Waals surface area contributed by atoms with E-state index in [1.807, 2.05) is 19.9 Å². The van der Waals surface area contributed by atoms with Crippen molar-refractivity contribution in [2.75, 3.05) is 18.0 Å². The van der Waals surface area contributed by atoms with E-state index >= 15 is 0 Å².